The van der Waals surface area contributed by atoms with Crippen LogP contribution in [0, 0.1) is 0 Å². The second kappa shape index (κ2) is 6.77. The lowest BCUT2D eigenvalue weighted by atomic mass is 10.1. The lowest BCUT2D eigenvalue weighted by Crippen LogP contribution is -2.43. The van der Waals surface area contributed by atoms with Crippen LogP contribution < -0.4 is 5.32 Å². The number of hydrogen-bond donors (Lipinski definition) is 3. The number of amides is 1. The molecule has 0 saturated carbocycles. The third kappa shape index (κ3) is 10.0. The maximum atomic E-state index is 11.6. The molecule has 3 N–H and O–H groups in total. The Hall–Kier alpha value is -0.860. The van der Waals surface area contributed by atoms with E-state index in [1.165, 1.54) is 6.92 Å². The van der Waals surface area contributed by atoms with E-state index in [2.05, 4.69) is 10.1 Å². The molecule has 0 spiro atoms. The van der Waals surface area contributed by atoms with Crippen LogP contribution in [0.1, 0.15) is 13.3 Å². The van der Waals surface area contributed by atoms with E-state index >= 15 is 0 Å². The second-order valence-corrected chi connectivity index (χ2v) is 3.85. The van der Waals surface area contributed by atoms with Gasteiger partial charge in [-0.2, -0.15) is 13.2 Å². The fraction of sp³-hybridized carbons (Fsp3) is 0.889. The molecule has 0 aromatic carbocycles. The quantitative estimate of drug-likeness (QED) is 0.554. The SMILES string of the molecule is CC(O)(CO)CNC(=O)CCOCC(F)(F)F. The van der Waals surface area contributed by atoms with Gasteiger partial charge in [0.15, 0.2) is 0 Å². The topological polar surface area (TPSA) is 78.8 Å². The third-order valence-electron chi connectivity index (χ3n) is 1.75. The number of aliphatic hydroxyl groups is 2. The third-order valence-corrected chi connectivity index (χ3v) is 1.75. The Balaban J connectivity index is 3.61. The van der Waals surface area contributed by atoms with Crippen molar-refractivity contribution >= 4 is 5.91 Å². The van der Waals surface area contributed by atoms with E-state index in [0.29, 0.717) is 0 Å². The minimum absolute atomic E-state index is 0.179. The van der Waals surface area contributed by atoms with Gasteiger partial charge in [-0.25, -0.2) is 0 Å². The zero-order valence-corrected chi connectivity index (χ0v) is 9.38. The average Bonchev–Trinajstić information content (AvgIpc) is 2.20. The van der Waals surface area contributed by atoms with Crippen molar-refractivity contribution in [2.24, 2.45) is 0 Å². The summed E-state index contributed by atoms with van der Waals surface area (Å²) in [7, 11) is 0. The highest BCUT2D eigenvalue weighted by Crippen LogP contribution is 2.14. The summed E-state index contributed by atoms with van der Waals surface area (Å²) in [6.07, 6.45) is -4.64. The van der Waals surface area contributed by atoms with Crippen molar-refractivity contribution in [2.75, 3.05) is 26.4 Å². The Labute approximate surface area is 96.6 Å². The Morgan fingerprint density at radius 3 is 2.47 bits per heavy atom. The van der Waals surface area contributed by atoms with Crippen molar-refractivity contribution in [1.29, 1.82) is 0 Å². The van der Waals surface area contributed by atoms with E-state index in [-0.39, 0.29) is 19.6 Å². The van der Waals surface area contributed by atoms with Crippen LogP contribution in [0.2, 0.25) is 0 Å². The number of ether oxygens (including phenoxy) is 1. The molecule has 0 aliphatic carbocycles. The van der Waals surface area contributed by atoms with Crippen molar-refractivity contribution in [3.8, 4) is 0 Å². The monoisotopic (exact) mass is 259 g/mol. The summed E-state index contributed by atoms with van der Waals surface area (Å²) in [5.74, 6) is -0.555. The summed E-state index contributed by atoms with van der Waals surface area (Å²) in [6, 6.07) is 0. The number of rotatable bonds is 7. The fourth-order valence-corrected chi connectivity index (χ4v) is 0.786. The average molecular weight is 259 g/mol. The predicted octanol–water partition coefficient (Wildman–Crippen LogP) is -0.185. The molecule has 0 aromatic rings. The van der Waals surface area contributed by atoms with Crippen molar-refractivity contribution in [2.45, 2.75) is 25.1 Å². The van der Waals surface area contributed by atoms with E-state index in [1.807, 2.05) is 0 Å². The molecule has 1 atom stereocenters. The van der Waals surface area contributed by atoms with Gasteiger partial charge < -0.3 is 20.3 Å². The number of carbonyl (C=O) groups excluding carboxylic acids is 1. The summed E-state index contributed by atoms with van der Waals surface area (Å²) < 4.78 is 39.2. The molecular weight excluding hydrogens is 243 g/mol. The normalized spacial score (nSPS) is 15.4. The predicted molar refractivity (Wildman–Crippen MR) is 52.2 cm³/mol. The molecule has 0 rings (SSSR count). The first kappa shape index (κ1) is 16.1. The zero-order chi connectivity index (χ0) is 13.5. The number of halogens is 3. The second-order valence-electron chi connectivity index (χ2n) is 3.85. The zero-order valence-electron chi connectivity index (χ0n) is 9.38. The largest absolute Gasteiger partial charge is 0.411 e. The Bertz CT molecular complexity index is 243. The molecule has 0 aliphatic heterocycles. The van der Waals surface area contributed by atoms with Crippen molar-refractivity contribution in [1.82, 2.24) is 5.32 Å². The van der Waals surface area contributed by atoms with Crippen LogP contribution in [0.4, 0.5) is 13.2 Å². The van der Waals surface area contributed by atoms with Gasteiger partial charge in [0.05, 0.1) is 13.2 Å². The van der Waals surface area contributed by atoms with Gasteiger partial charge in [0, 0.05) is 13.0 Å². The summed E-state index contributed by atoms with van der Waals surface area (Å²) in [4.78, 5) is 11.1. The van der Waals surface area contributed by atoms with Gasteiger partial charge in [0.25, 0.3) is 0 Å². The number of alkyl halides is 3. The first-order valence-corrected chi connectivity index (χ1v) is 4.91. The van der Waals surface area contributed by atoms with Gasteiger partial charge in [-0.05, 0) is 6.92 Å². The number of carbonyl (C=O) groups is 1. The summed E-state index contributed by atoms with van der Waals surface area (Å²) in [5, 5.41) is 20.2. The molecule has 0 radical (unpaired) electrons. The highest BCUT2D eigenvalue weighted by atomic mass is 19.4. The molecule has 8 heteroatoms. The molecule has 0 bridgehead atoms. The van der Waals surface area contributed by atoms with Crippen LogP contribution in [0.25, 0.3) is 0 Å². The molecule has 1 unspecified atom stereocenters. The minimum atomic E-state index is -4.41. The molecule has 0 heterocycles. The highest BCUT2D eigenvalue weighted by Gasteiger charge is 2.27. The Morgan fingerprint density at radius 1 is 1.41 bits per heavy atom. The summed E-state index contributed by atoms with van der Waals surface area (Å²) in [5.41, 5.74) is -1.44. The Morgan fingerprint density at radius 2 is 2.00 bits per heavy atom. The van der Waals surface area contributed by atoms with E-state index in [1.54, 1.807) is 0 Å². The molecule has 1 amide bonds. The van der Waals surface area contributed by atoms with Crippen LogP contribution in [0.15, 0.2) is 0 Å². The van der Waals surface area contributed by atoms with E-state index in [4.69, 9.17) is 5.11 Å². The van der Waals surface area contributed by atoms with Gasteiger partial charge in [0.2, 0.25) is 5.91 Å². The Kier molecular flexibility index (Phi) is 6.43. The van der Waals surface area contributed by atoms with Gasteiger partial charge in [-0.1, -0.05) is 0 Å². The van der Waals surface area contributed by atoms with E-state index in [9.17, 15) is 23.1 Å². The molecular formula is C9H16F3NO4. The number of aliphatic hydroxyl groups excluding tert-OH is 1. The first-order valence-electron chi connectivity index (χ1n) is 4.91. The lowest BCUT2D eigenvalue weighted by molar-refractivity contribution is -0.174. The minimum Gasteiger partial charge on any atom is -0.393 e. The van der Waals surface area contributed by atoms with Crippen molar-refractivity contribution in [3.05, 3.63) is 0 Å². The maximum absolute atomic E-state index is 11.6. The number of hydrogen-bond acceptors (Lipinski definition) is 4. The molecule has 102 valence electrons. The lowest BCUT2D eigenvalue weighted by Gasteiger charge is -2.20. The molecule has 0 aromatic heterocycles. The molecule has 0 aliphatic rings. The van der Waals surface area contributed by atoms with Gasteiger partial charge in [-0.15, -0.1) is 0 Å². The van der Waals surface area contributed by atoms with Gasteiger partial charge in [0.1, 0.15) is 12.2 Å². The van der Waals surface area contributed by atoms with Crippen molar-refractivity contribution in [3.63, 3.8) is 0 Å². The van der Waals surface area contributed by atoms with Crippen LogP contribution in [0.3, 0.4) is 0 Å². The highest BCUT2D eigenvalue weighted by molar-refractivity contribution is 5.76. The van der Waals surface area contributed by atoms with Crippen molar-refractivity contribution < 1.29 is 32.9 Å². The first-order chi connectivity index (χ1) is 7.66. The van der Waals surface area contributed by atoms with Crippen LogP contribution in [0.5, 0.6) is 0 Å². The van der Waals surface area contributed by atoms with Crippen LogP contribution in [-0.4, -0.2) is 54.3 Å². The van der Waals surface area contributed by atoms with Gasteiger partial charge in [-0.3, -0.25) is 4.79 Å². The van der Waals surface area contributed by atoms with Crippen LogP contribution >= 0.6 is 0 Å². The van der Waals surface area contributed by atoms with Crippen LogP contribution in [-0.2, 0) is 9.53 Å². The molecule has 17 heavy (non-hydrogen) atoms. The molecule has 0 fully saturated rings. The number of nitrogens with one attached hydrogen (secondary N) is 1. The molecule has 5 nitrogen and oxygen atoms in total. The molecule has 0 saturated heterocycles. The smallest absolute Gasteiger partial charge is 0.393 e. The fourth-order valence-electron chi connectivity index (χ4n) is 0.786. The van der Waals surface area contributed by atoms with E-state index in [0.717, 1.165) is 0 Å². The maximum Gasteiger partial charge on any atom is 0.411 e. The standard InChI is InChI=1S/C9H16F3NO4/c1-8(16,5-14)4-13-7(15)2-3-17-6-9(10,11)12/h14,16H,2-6H2,1H3,(H,13,15). The summed E-state index contributed by atoms with van der Waals surface area (Å²) in [6.45, 7) is -1.14. The van der Waals surface area contributed by atoms with E-state index < -0.39 is 30.9 Å². The summed E-state index contributed by atoms with van der Waals surface area (Å²) >= 11 is 0. The van der Waals surface area contributed by atoms with Gasteiger partial charge >= 0.3 is 6.18 Å².